The maximum Gasteiger partial charge on any atom is 0.573 e. The molecule has 0 saturated heterocycles. The summed E-state index contributed by atoms with van der Waals surface area (Å²) in [7, 11) is 0. The summed E-state index contributed by atoms with van der Waals surface area (Å²) in [4.78, 5) is 11.7. The third-order valence-corrected chi connectivity index (χ3v) is 6.16. The molecule has 1 N–H and O–H groups in total. The number of ether oxygens (including phenoxy) is 1. The minimum Gasteiger partial charge on any atom is -0.406 e. The van der Waals surface area contributed by atoms with Crippen molar-refractivity contribution in [2.24, 2.45) is 0 Å². The molecule has 0 bridgehead atoms. The molecule has 2 aliphatic carbocycles. The molecule has 8 heteroatoms. The van der Waals surface area contributed by atoms with Crippen molar-refractivity contribution in [1.82, 2.24) is 9.97 Å². The van der Waals surface area contributed by atoms with Crippen LogP contribution in [0.1, 0.15) is 61.3 Å². The molecule has 160 valence electrons. The Labute approximate surface area is 173 Å². The van der Waals surface area contributed by atoms with Crippen LogP contribution in [0.5, 0.6) is 5.75 Å². The largest absolute Gasteiger partial charge is 0.573 e. The highest BCUT2D eigenvalue weighted by molar-refractivity contribution is 5.50. The van der Waals surface area contributed by atoms with E-state index in [2.05, 4.69) is 21.0 Å². The molecule has 1 aromatic carbocycles. The van der Waals surface area contributed by atoms with Crippen LogP contribution in [-0.4, -0.2) is 28.9 Å². The van der Waals surface area contributed by atoms with E-state index in [0.717, 1.165) is 61.3 Å². The topological polar surface area (TPSA) is 50.3 Å². The first kappa shape index (κ1) is 19.5. The summed E-state index contributed by atoms with van der Waals surface area (Å²) in [5, 5.41) is 3.50. The zero-order valence-electron chi connectivity index (χ0n) is 16.7. The first-order chi connectivity index (χ1) is 14.4. The fourth-order valence-electron chi connectivity index (χ4n) is 4.45. The van der Waals surface area contributed by atoms with Crippen molar-refractivity contribution in [3.8, 4) is 5.75 Å². The molecule has 2 aromatic rings. The van der Waals surface area contributed by atoms with Gasteiger partial charge in [-0.05, 0) is 55.4 Å². The van der Waals surface area contributed by atoms with E-state index in [4.69, 9.17) is 9.97 Å². The normalized spacial score (nSPS) is 19.6. The molecule has 0 unspecified atom stereocenters. The van der Waals surface area contributed by atoms with Gasteiger partial charge in [0.1, 0.15) is 11.6 Å². The van der Waals surface area contributed by atoms with Gasteiger partial charge in [-0.3, -0.25) is 0 Å². The number of hydrogen-bond donors (Lipinski definition) is 1. The average molecular weight is 418 g/mol. The fourth-order valence-corrected chi connectivity index (χ4v) is 4.45. The Morgan fingerprint density at radius 3 is 2.53 bits per heavy atom. The monoisotopic (exact) mass is 418 g/mol. The molecule has 2 fully saturated rings. The standard InChI is InChI=1S/C22H25F3N4O/c23-22(24,25)30-18-8-7-14-9-10-29(13-16(14)11-18)20-12-19(15-5-6-15)27-21(28-20)26-17-3-1-2-4-17/h7-8,11-12,15,17H,1-6,9-10,13H2,(H,26,27,28). The molecular formula is C22H25F3N4O. The van der Waals surface area contributed by atoms with Crippen LogP contribution in [-0.2, 0) is 13.0 Å². The van der Waals surface area contributed by atoms with E-state index in [9.17, 15) is 13.2 Å². The molecule has 2 heterocycles. The summed E-state index contributed by atoms with van der Waals surface area (Å²) >= 11 is 0. The van der Waals surface area contributed by atoms with Gasteiger partial charge < -0.3 is 15.0 Å². The lowest BCUT2D eigenvalue weighted by Crippen LogP contribution is -2.31. The Kier molecular flexibility index (Phi) is 4.95. The fraction of sp³-hybridized carbons (Fsp3) is 0.545. The van der Waals surface area contributed by atoms with Gasteiger partial charge in [-0.2, -0.15) is 4.98 Å². The van der Waals surface area contributed by atoms with Crippen molar-refractivity contribution < 1.29 is 17.9 Å². The third kappa shape index (κ3) is 4.47. The quantitative estimate of drug-likeness (QED) is 0.726. The Hall–Kier alpha value is -2.51. The molecule has 0 atom stereocenters. The van der Waals surface area contributed by atoms with Crippen molar-refractivity contribution in [1.29, 1.82) is 0 Å². The number of halogens is 3. The number of nitrogens with one attached hydrogen (secondary N) is 1. The Bertz CT molecular complexity index is 923. The Balaban J connectivity index is 1.39. The van der Waals surface area contributed by atoms with Crippen LogP contribution < -0.4 is 15.0 Å². The van der Waals surface area contributed by atoms with E-state index in [1.807, 2.05) is 0 Å². The maximum atomic E-state index is 12.6. The van der Waals surface area contributed by atoms with Gasteiger partial charge in [-0.1, -0.05) is 18.9 Å². The SMILES string of the molecule is FC(F)(F)Oc1ccc2c(c1)CN(c1cc(C3CC3)nc(NC3CCCC3)n1)CC2. The molecule has 2 saturated carbocycles. The second-order valence-corrected chi connectivity index (χ2v) is 8.52. The van der Waals surface area contributed by atoms with Gasteiger partial charge >= 0.3 is 6.36 Å². The molecule has 1 aromatic heterocycles. The van der Waals surface area contributed by atoms with Crippen molar-refractivity contribution >= 4 is 11.8 Å². The lowest BCUT2D eigenvalue weighted by Gasteiger charge is -2.30. The highest BCUT2D eigenvalue weighted by Gasteiger charge is 2.32. The minimum absolute atomic E-state index is 0.173. The number of rotatable bonds is 5. The van der Waals surface area contributed by atoms with Crippen LogP contribution in [0.3, 0.4) is 0 Å². The van der Waals surface area contributed by atoms with Crippen LogP contribution in [0.4, 0.5) is 24.9 Å². The molecule has 3 aliphatic rings. The number of fused-ring (bicyclic) bond motifs is 1. The number of anilines is 2. The van der Waals surface area contributed by atoms with E-state index in [0.29, 0.717) is 24.5 Å². The second-order valence-electron chi connectivity index (χ2n) is 8.52. The summed E-state index contributed by atoms with van der Waals surface area (Å²) in [5.41, 5.74) is 2.97. The highest BCUT2D eigenvalue weighted by atomic mass is 19.4. The highest BCUT2D eigenvalue weighted by Crippen LogP contribution is 2.41. The molecule has 30 heavy (non-hydrogen) atoms. The molecular weight excluding hydrogens is 393 g/mol. The lowest BCUT2D eigenvalue weighted by molar-refractivity contribution is -0.274. The van der Waals surface area contributed by atoms with Gasteiger partial charge in [0.05, 0.1) is 5.69 Å². The van der Waals surface area contributed by atoms with E-state index >= 15 is 0 Å². The van der Waals surface area contributed by atoms with Crippen LogP contribution in [0.2, 0.25) is 0 Å². The van der Waals surface area contributed by atoms with Crippen LogP contribution in [0, 0.1) is 0 Å². The van der Waals surface area contributed by atoms with Gasteiger partial charge in [0.15, 0.2) is 0 Å². The molecule has 0 radical (unpaired) electrons. The van der Waals surface area contributed by atoms with Crippen molar-refractivity contribution in [3.63, 3.8) is 0 Å². The summed E-state index contributed by atoms with van der Waals surface area (Å²) in [6, 6.07) is 7.10. The number of hydrogen-bond acceptors (Lipinski definition) is 5. The molecule has 1 aliphatic heterocycles. The number of aromatic nitrogens is 2. The summed E-state index contributed by atoms with van der Waals surface area (Å²) in [5.74, 6) is 1.86. The predicted molar refractivity (Wildman–Crippen MR) is 108 cm³/mol. The van der Waals surface area contributed by atoms with Crippen molar-refractivity contribution in [3.05, 3.63) is 41.1 Å². The first-order valence-electron chi connectivity index (χ1n) is 10.7. The minimum atomic E-state index is -4.69. The lowest BCUT2D eigenvalue weighted by atomic mass is 9.99. The van der Waals surface area contributed by atoms with Gasteiger partial charge in [-0.25, -0.2) is 4.98 Å². The average Bonchev–Trinajstić information content (AvgIpc) is 3.44. The summed E-state index contributed by atoms with van der Waals surface area (Å²) < 4.78 is 41.9. The van der Waals surface area contributed by atoms with Gasteiger partial charge in [0.2, 0.25) is 5.95 Å². The molecule has 5 nitrogen and oxygen atoms in total. The summed E-state index contributed by atoms with van der Waals surface area (Å²) in [6.07, 6.45) is 3.14. The zero-order valence-corrected chi connectivity index (χ0v) is 16.7. The number of alkyl halides is 3. The Morgan fingerprint density at radius 1 is 1.00 bits per heavy atom. The van der Waals surface area contributed by atoms with Gasteiger partial charge in [0.25, 0.3) is 0 Å². The summed E-state index contributed by atoms with van der Waals surface area (Å²) in [6.45, 7) is 1.28. The van der Waals surface area contributed by atoms with Crippen LogP contribution in [0.25, 0.3) is 0 Å². The van der Waals surface area contributed by atoms with Gasteiger partial charge in [0, 0.05) is 31.1 Å². The van der Waals surface area contributed by atoms with E-state index < -0.39 is 6.36 Å². The number of nitrogens with zero attached hydrogens (tertiary/aromatic N) is 3. The van der Waals surface area contributed by atoms with Crippen LogP contribution in [0.15, 0.2) is 24.3 Å². The van der Waals surface area contributed by atoms with E-state index in [-0.39, 0.29) is 5.75 Å². The Morgan fingerprint density at radius 2 is 1.80 bits per heavy atom. The van der Waals surface area contributed by atoms with Crippen molar-refractivity contribution in [2.75, 3.05) is 16.8 Å². The molecule has 0 amide bonds. The first-order valence-corrected chi connectivity index (χ1v) is 10.7. The van der Waals surface area contributed by atoms with Gasteiger partial charge in [-0.15, -0.1) is 13.2 Å². The molecule has 0 spiro atoms. The second kappa shape index (κ2) is 7.63. The van der Waals surface area contributed by atoms with Crippen molar-refractivity contribution in [2.45, 2.75) is 69.8 Å². The molecule has 5 rings (SSSR count). The maximum absolute atomic E-state index is 12.6. The van der Waals surface area contributed by atoms with E-state index in [1.165, 1.54) is 25.0 Å². The third-order valence-electron chi connectivity index (χ3n) is 6.16. The van der Waals surface area contributed by atoms with Crippen LogP contribution >= 0.6 is 0 Å². The van der Waals surface area contributed by atoms with E-state index in [1.54, 1.807) is 6.07 Å². The number of benzene rings is 1. The zero-order chi connectivity index (χ0) is 20.7. The smallest absolute Gasteiger partial charge is 0.406 e. The predicted octanol–water partition coefficient (Wildman–Crippen LogP) is 5.17.